The van der Waals surface area contributed by atoms with Crippen LogP contribution in [0.1, 0.15) is 0 Å². The smallest absolute Gasteiger partial charge is 0.0934 e. The van der Waals surface area contributed by atoms with Crippen LogP contribution in [-0.4, -0.2) is 8.07 Å². The van der Waals surface area contributed by atoms with Gasteiger partial charge in [-0.1, -0.05) is 84.7 Å². The van der Waals surface area contributed by atoms with Gasteiger partial charge in [-0.15, -0.1) is 0 Å². The fraction of sp³-hybridized carbons (Fsp3) is 0.200. The van der Waals surface area contributed by atoms with Crippen LogP contribution in [-0.2, 0) is 0 Å². The van der Waals surface area contributed by atoms with Gasteiger partial charge in [-0.05, 0) is 0 Å². The quantitative estimate of drug-likeness (QED) is 0.693. The molecule has 16 heavy (non-hydrogen) atoms. The summed E-state index contributed by atoms with van der Waals surface area (Å²) in [6.45, 7) is 4.78. The summed E-state index contributed by atoms with van der Waals surface area (Å²) >= 11 is 0. The molecular formula is C15H18Si. The summed E-state index contributed by atoms with van der Waals surface area (Å²) < 4.78 is 0. The Morgan fingerprint density at radius 1 is 1.00 bits per heavy atom. The molecule has 0 heterocycles. The Morgan fingerprint density at radius 2 is 1.62 bits per heavy atom. The maximum atomic E-state index is 2.44. The van der Waals surface area contributed by atoms with E-state index in [1.54, 1.807) is 0 Å². The summed E-state index contributed by atoms with van der Waals surface area (Å²) in [6, 6.07) is 10.8. The molecule has 1 aliphatic carbocycles. The number of allylic oxidation sites excluding steroid dienone is 5. The normalized spacial score (nSPS) is 16.4. The second-order valence-corrected chi connectivity index (χ2v) is 9.15. The van der Waals surface area contributed by atoms with E-state index in [2.05, 4.69) is 79.5 Å². The molecule has 0 nitrogen and oxygen atoms in total. The van der Waals surface area contributed by atoms with Crippen LogP contribution < -0.4 is 5.19 Å². The highest BCUT2D eigenvalue weighted by atomic mass is 28.3. The molecule has 2 rings (SSSR count). The lowest BCUT2D eigenvalue weighted by atomic mass is 10.2. The zero-order valence-electron chi connectivity index (χ0n) is 9.93. The van der Waals surface area contributed by atoms with Gasteiger partial charge >= 0.3 is 0 Å². The topological polar surface area (TPSA) is 0 Å². The third-order valence-corrected chi connectivity index (χ3v) is 5.88. The SMILES string of the molecule is C[Si](C)(/C=C/C1C=CC=C1)c1ccccc1. The molecule has 0 radical (unpaired) electrons. The van der Waals surface area contributed by atoms with Crippen LogP contribution in [0.5, 0.6) is 0 Å². The van der Waals surface area contributed by atoms with Gasteiger partial charge in [-0.2, -0.15) is 0 Å². The highest BCUT2D eigenvalue weighted by Gasteiger charge is 2.19. The molecule has 0 fully saturated rings. The summed E-state index contributed by atoms with van der Waals surface area (Å²) in [4.78, 5) is 0. The number of benzene rings is 1. The van der Waals surface area contributed by atoms with Gasteiger partial charge in [0.25, 0.3) is 0 Å². The molecule has 1 heteroatoms. The highest BCUT2D eigenvalue weighted by Crippen LogP contribution is 2.13. The Morgan fingerprint density at radius 3 is 2.25 bits per heavy atom. The standard InChI is InChI=1S/C15H18Si/c1-16(2,15-10-4-3-5-11-15)13-12-14-8-6-7-9-14/h3-14H,1-2H3/b13-12+. The van der Waals surface area contributed by atoms with Crippen molar-refractivity contribution in [2.24, 2.45) is 5.92 Å². The number of rotatable bonds is 3. The fourth-order valence-corrected chi connectivity index (χ4v) is 3.84. The average molecular weight is 226 g/mol. The van der Waals surface area contributed by atoms with E-state index in [1.807, 2.05) is 0 Å². The summed E-state index contributed by atoms with van der Waals surface area (Å²) in [5, 5.41) is 1.50. The molecular weight excluding hydrogens is 208 g/mol. The van der Waals surface area contributed by atoms with Crippen molar-refractivity contribution in [1.82, 2.24) is 0 Å². The molecule has 0 spiro atoms. The van der Waals surface area contributed by atoms with Crippen LogP contribution in [0, 0.1) is 5.92 Å². The van der Waals surface area contributed by atoms with E-state index >= 15 is 0 Å². The lowest BCUT2D eigenvalue weighted by Gasteiger charge is -2.18. The third kappa shape index (κ3) is 2.61. The predicted octanol–water partition coefficient (Wildman–Crippen LogP) is 3.44. The molecule has 1 aromatic rings. The Kier molecular flexibility index (Phi) is 3.25. The van der Waals surface area contributed by atoms with Crippen LogP contribution in [0.4, 0.5) is 0 Å². The van der Waals surface area contributed by atoms with Crippen molar-refractivity contribution in [2.75, 3.05) is 0 Å². The van der Waals surface area contributed by atoms with Crippen LogP contribution in [0.3, 0.4) is 0 Å². The van der Waals surface area contributed by atoms with Gasteiger partial charge < -0.3 is 0 Å². The number of hydrogen-bond acceptors (Lipinski definition) is 0. The Bertz CT molecular complexity index is 412. The second-order valence-electron chi connectivity index (χ2n) is 4.79. The second kappa shape index (κ2) is 4.66. The number of hydrogen-bond donors (Lipinski definition) is 0. The van der Waals surface area contributed by atoms with Crippen molar-refractivity contribution < 1.29 is 0 Å². The first-order valence-electron chi connectivity index (χ1n) is 5.78. The van der Waals surface area contributed by atoms with E-state index in [0.29, 0.717) is 5.92 Å². The minimum atomic E-state index is -1.40. The van der Waals surface area contributed by atoms with Crippen LogP contribution in [0.25, 0.3) is 0 Å². The van der Waals surface area contributed by atoms with Crippen molar-refractivity contribution in [3.05, 3.63) is 66.4 Å². The van der Waals surface area contributed by atoms with Gasteiger partial charge in [0.2, 0.25) is 0 Å². The highest BCUT2D eigenvalue weighted by molar-refractivity contribution is 6.93. The molecule has 0 saturated heterocycles. The largest absolute Gasteiger partial charge is 0.103 e. The third-order valence-electron chi connectivity index (χ3n) is 3.03. The van der Waals surface area contributed by atoms with Crippen molar-refractivity contribution in [3.8, 4) is 0 Å². The van der Waals surface area contributed by atoms with Crippen molar-refractivity contribution >= 4 is 13.3 Å². The zero-order valence-corrected chi connectivity index (χ0v) is 10.9. The lowest BCUT2D eigenvalue weighted by molar-refractivity contribution is 1.09. The molecule has 1 aliphatic rings. The summed E-state index contributed by atoms with van der Waals surface area (Å²) in [5.41, 5.74) is 2.44. The minimum Gasteiger partial charge on any atom is -0.0934 e. The first-order chi connectivity index (χ1) is 7.68. The van der Waals surface area contributed by atoms with Gasteiger partial charge in [0.15, 0.2) is 0 Å². The van der Waals surface area contributed by atoms with Crippen molar-refractivity contribution in [3.63, 3.8) is 0 Å². The molecule has 0 aliphatic heterocycles. The Balaban J connectivity index is 2.13. The molecule has 0 N–H and O–H groups in total. The Labute approximate surface area is 99.0 Å². The predicted molar refractivity (Wildman–Crippen MR) is 74.5 cm³/mol. The van der Waals surface area contributed by atoms with Gasteiger partial charge in [0.05, 0.1) is 0 Å². The first-order valence-corrected chi connectivity index (χ1v) is 8.86. The molecule has 0 amide bonds. The van der Waals surface area contributed by atoms with E-state index in [9.17, 15) is 0 Å². The molecule has 0 unspecified atom stereocenters. The zero-order chi connectivity index (χ0) is 11.4. The monoisotopic (exact) mass is 226 g/mol. The van der Waals surface area contributed by atoms with Crippen molar-refractivity contribution in [2.45, 2.75) is 13.1 Å². The van der Waals surface area contributed by atoms with Gasteiger partial charge in [-0.3, -0.25) is 0 Å². The van der Waals surface area contributed by atoms with Crippen LogP contribution >= 0.6 is 0 Å². The average Bonchev–Trinajstić information content (AvgIpc) is 2.81. The maximum absolute atomic E-state index is 2.44. The van der Waals surface area contributed by atoms with Gasteiger partial charge in [-0.25, -0.2) is 0 Å². The van der Waals surface area contributed by atoms with E-state index in [-0.39, 0.29) is 0 Å². The lowest BCUT2D eigenvalue weighted by Crippen LogP contribution is -2.39. The van der Waals surface area contributed by atoms with Crippen molar-refractivity contribution in [1.29, 1.82) is 0 Å². The van der Waals surface area contributed by atoms with Gasteiger partial charge in [0, 0.05) is 5.92 Å². The molecule has 0 aromatic heterocycles. The van der Waals surface area contributed by atoms with E-state index in [0.717, 1.165) is 0 Å². The van der Waals surface area contributed by atoms with Crippen LogP contribution in [0.2, 0.25) is 13.1 Å². The van der Waals surface area contributed by atoms with E-state index in [1.165, 1.54) is 5.19 Å². The summed E-state index contributed by atoms with van der Waals surface area (Å²) in [5.74, 6) is 0.510. The Hall–Kier alpha value is -1.34. The van der Waals surface area contributed by atoms with Crippen LogP contribution in [0.15, 0.2) is 66.4 Å². The minimum absolute atomic E-state index is 0.510. The first kappa shape index (κ1) is 11.2. The summed E-state index contributed by atoms with van der Waals surface area (Å²) in [6.07, 6.45) is 11.0. The molecule has 0 bridgehead atoms. The fourth-order valence-electron chi connectivity index (χ4n) is 1.89. The maximum Gasteiger partial charge on any atom is 0.103 e. The van der Waals surface area contributed by atoms with E-state index < -0.39 is 8.07 Å². The van der Waals surface area contributed by atoms with E-state index in [4.69, 9.17) is 0 Å². The molecule has 82 valence electrons. The molecule has 0 atom stereocenters. The molecule has 1 aromatic carbocycles. The summed E-state index contributed by atoms with van der Waals surface area (Å²) in [7, 11) is -1.40. The van der Waals surface area contributed by atoms with Gasteiger partial charge in [0.1, 0.15) is 8.07 Å². The molecule has 0 saturated carbocycles.